The lowest BCUT2D eigenvalue weighted by Crippen LogP contribution is -2.01. The van der Waals surface area contributed by atoms with Crippen LogP contribution in [-0.2, 0) is 6.54 Å². The Morgan fingerprint density at radius 2 is 2.27 bits per heavy atom. The molecule has 0 unspecified atom stereocenters. The van der Waals surface area contributed by atoms with Crippen molar-refractivity contribution in [2.24, 2.45) is 5.73 Å². The fourth-order valence-corrected chi connectivity index (χ4v) is 1.36. The van der Waals surface area contributed by atoms with Crippen LogP contribution in [0.3, 0.4) is 0 Å². The van der Waals surface area contributed by atoms with E-state index in [1.165, 1.54) is 0 Å². The summed E-state index contributed by atoms with van der Waals surface area (Å²) in [5, 5.41) is 4.87. The van der Waals surface area contributed by atoms with Gasteiger partial charge in [0.1, 0.15) is 0 Å². The molecule has 2 heterocycles. The molecule has 0 saturated heterocycles. The third-order valence-electron chi connectivity index (χ3n) is 2.12. The van der Waals surface area contributed by atoms with Crippen LogP contribution in [0, 0.1) is 6.92 Å². The number of hydrogen-bond donors (Lipinski definition) is 1. The first-order chi connectivity index (χ1) is 7.20. The molecule has 4 nitrogen and oxygen atoms in total. The number of aromatic nitrogens is 3. The molecule has 0 atom stereocenters. The van der Waals surface area contributed by atoms with Gasteiger partial charge in [-0.05, 0) is 18.6 Å². The maximum Gasteiger partial charge on any atom is 0.153 e. The van der Waals surface area contributed by atoms with Crippen molar-refractivity contribution in [3.63, 3.8) is 0 Å². The molecule has 0 aliphatic heterocycles. The number of aryl methyl sites for hydroxylation is 1. The molecule has 2 rings (SSSR count). The minimum absolute atomic E-state index is 0.492. The van der Waals surface area contributed by atoms with Gasteiger partial charge in [-0.2, -0.15) is 5.10 Å². The van der Waals surface area contributed by atoms with E-state index in [1.807, 2.05) is 19.1 Å². The van der Waals surface area contributed by atoms with Crippen molar-refractivity contribution in [2.75, 3.05) is 0 Å². The Kier molecular flexibility index (Phi) is 2.70. The molecule has 0 aliphatic rings. The highest BCUT2D eigenvalue weighted by molar-refractivity contribution is 6.31. The Bertz CT molecular complexity index is 441. The fourth-order valence-electron chi connectivity index (χ4n) is 1.23. The Labute approximate surface area is 92.7 Å². The smallest absolute Gasteiger partial charge is 0.153 e. The average molecular weight is 223 g/mol. The van der Waals surface area contributed by atoms with E-state index in [2.05, 4.69) is 10.1 Å². The fraction of sp³-hybridized carbons (Fsp3) is 0.200. The summed E-state index contributed by atoms with van der Waals surface area (Å²) in [6.07, 6.45) is 3.47. The molecule has 0 aromatic carbocycles. The molecule has 0 fully saturated rings. The van der Waals surface area contributed by atoms with Gasteiger partial charge in [0.15, 0.2) is 5.82 Å². The minimum Gasteiger partial charge on any atom is -0.326 e. The Morgan fingerprint density at radius 1 is 1.47 bits per heavy atom. The van der Waals surface area contributed by atoms with Crippen molar-refractivity contribution in [3.8, 4) is 5.82 Å². The van der Waals surface area contributed by atoms with Crippen molar-refractivity contribution < 1.29 is 0 Å². The zero-order chi connectivity index (χ0) is 10.8. The predicted molar refractivity (Wildman–Crippen MR) is 59.0 cm³/mol. The van der Waals surface area contributed by atoms with Crippen LogP contribution < -0.4 is 5.73 Å². The van der Waals surface area contributed by atoms with Crippen molar-refractivity contribution in [1.82, 2.24) is 14.8 Å². The highest BCUT2D eigenvalue weighted by Crippen LogP contribution is 2.15. The van der Waals surface area contributed by atoms with Crippen LogP contribution in [0.25, 0.3) is 5.82 Å². The van der Waals surface area contributed by atoms with Crippen LogP contribution in [-0.4, -0.2) is 14.8 Å². The molecule has 0 radical (unpaired) electrons. The van der Waals surface area contributed by atoms with E-state index in [4.69, 9.17) is 17.3 Å². The van der Waals surface area contributed by atoms with Gasteiger partial charge in [0.05, 0.1) is 16.9 Å². The zero-order valence-electron chi connectivity index (χ0n) is 8.31. The molecule has 0 amide bonds. The van der Waals surface area contributed by atoms with Crippen LogP contribution in [0.15, 0.2) is 24.5 Å². The van der Waals surface area contributed by atoms with E-state index in [0.29, 0.717) is 11.6 Å². The maximum atomic E-state index is 5.91. The highest BCUT2D eigenvalue weighted by atomic mass is 35.5. The summed E-state index contributed by atoms with van der Waals surface area (Å²) in [6.45, 7) is 2.35. The summed E-state index contributed by atoms with van der Waals surface area (Å²) in [5.41, 5.74) is 7.27. The zero-order valence-corrected chi connectivity index (χ0v) is 9.07. The molecule has 0 saturated carbocycles. The van der Waals surface area contributed by atoms with Crippen LogP contribution in [0.5, 0.6) is 0 Å². The first-order valence-electron chi connectivity index (χ1n) is 4.58. The number of pyridine rings is 1. The standard InChI is InChI=1S/C10H11ClN4/c1-7-9(11)6-15(14-7)10-3-2-8(4-12)5-13-10/h2-3,5-6H,4,12H2,1H3. The van der Waals surface area contributed by atoms with Crippen LogP contribution in [0.2, 0.25) is 5.02 Å². The summed E-state index contributed by atoms with van der Waals surface area (Å²) >= 11 is 5.91. The van der Waals surface area contributed by atoms with Gasteiger partial charge >= 0.3 is 0 Å². The van der Waals surface area contributed by atoms with E-state index in [-0.39, 0.29) is 0 Å². The monoisotopic (exact) mass is 222 g/mol. The van der Waals surface area contributed by atoms with Gasteiger partial charge < -0.3 is 5.73 Å². The summed E-state index contributed by atoms with van der Waals surface area (Å²) in [7, 11) is 0. The molecule has 78 valence electrons. The molecule has 2 aromatic rings. The third-order valence-corrected chi connectivity index (χ3v) is 2.49. The normalized spacial score (nSPS) is 10.6. The van der Waals surface area contributed by atoms with Crippen LogP contribution in [0.1, 0.15) is 11.3 Å². The third kappa shape index (κ3) is 2.00. The second-order valence-electron chi connectivity index (χ2n) is 3.24. The lowest BCUT2D eigenvalue weighted by atomic mass is 10.3. The molecule has 2 N–H and O–H groups in total. The van der Waals surface area contributed by atoms with Gasteiger partial charge in [0, 0.05) is 12.7 Å². The van der Waals surface area contributed by atoms with Crippen molar-refractivity contribution in [3.05, 3.63) is 40.8 Å². The minimum atomic E-state index is 0.492. The van der Waals surface area contributed by atoms with Gasteiger partial charge in [0.2, 0.25) is 0 Å². The molecule has 15 heavy (non-hydrogen) atoms. The molecular weight excluding hydrogens is 212 g/mol. The Hall–Kier alpha value is -1.39. The van der Waals surface area contributed by atoms with Crippen molar-refractivity contribution >= 4 is 11.6 Å². The SMILES string of the molecule is Cc1nn(-c2ccc(CN)cn2)cc1Cl. The first-order valence-corrected chi connectivity index (χ1v) is 4.95. The topological polar surface area (TPSA) is 56.7 Å². The van der Waals surface area contributed by atoms with Gasteiger partial charge in [-0.15, -0.1) is 0 Å². The number of hydrogen-bond acceptors (Lipinski definition) is 3. The van der Waals surface area contributed by atoms with E-state index in [1.54, 1.807) is 17.1 Å². The largest absolute Gasteiger partial charge is 0.326 e. The number of halogens is 1. The molecule has 0 spiro atoms. The number of nitrogens with two attached hydrogens (primary N) is 1. The molecule has 0 bridgehead atoms. The summed E-state index contributed by atoms with van der Waals surface area (Å²) in [6, 6.07) is 3.79. The van der Waals surface area contributed by atoms with E-state index >= 15 is 0 Å². The lowest BCUT2D eigenvalue weighted by Gasteiger charge is -2.00. The van der Waals surface area contributed by atoms with E-state index < -0.39 is 0 Å². The first kappa shape index (κ1) is 10.1. The van der Waals surface area contributed by atoms with Gasteiger partial charge in [-0.25, -0.2) is 9.67 Å². The second kappa shape index (κ2) is 4.00. The Morgan fingerprint density at radius 3 is 2.73 bits per heavy atom. The number of rotatable bonds is 2. The second-order valence-corrected chi connectivity index (χ2v) is 3.64. The van der Waals surface area contributed by atoms with Gasteiger partial charge in [-0.3, -0.25) is 0 Å². The highest BCUT2D eigenvalue weighted by Gasteiger charge is 2.04. The van der Waals surface area contributed by atoms with Crippen LogP contribution >= 0.6 is 11.6 Å². The predicted octanol–water partition coefficient (Wildman–Crippen LogP) is 1.69. The molecule has 2 aromatic heterocycles. The van der Waals surface area contributed by atoms with Crippen molar-refractivity contribution in [1.29, 1.82) is 0 Å². The van der Waals surface area contributed by atoms with E-state index in [0.717, 1.165) is 17.1 Å². The maximum absolute atomic E-state index is 5.91. The van der Waals surface area contributed by atoms with Crippen molar-refractivity contribution in [2.45, 2.75) is 13.5 Å². The lowest BCUT2D eigenvalue weighted by molar-refractivity contribution is 0.829. The summed E-state index contributed by atoms with van der Waals surface area (Å²) < 4.78 is 1.65. The molecule has 0 aliphatic carbocycles. The van der Waals surface area contributed by atoms with Gasteiger partial charge in [-0.1, -0.05) is 17.7 Å². The van der Waals surface area contributed by atoms with Gasteiger partial charge in [0.25, 0.3) is 0 Å². The van der Waals surface area contributed by atoms with Crippen LogP contribution in [0.4, 0.5) is 0 Å². The molecule has 5 heteroatoms. The quantitative estimate of drug-likeness (QED) is 0.841. The summed E-state index contributed by atoms with van der Waals surface area (Å²) in [4.78, 5) is 4.24. The van der Waals surface area contributed by atoms with E-state index in [9.17, 15) is 0 Å². The average Bonchev–Trinajstić information content (AvgIpc) is 2.59. The summed E-state index contributed by atoms with van der Waals surface area (Å²) in [5.74, 6) is 0.738. The number of nitrogens with zero attached hydrogens (tertiary/aromatic N) is 3. The Balaban J connectivity index is 2.37. The molecular formula is C10H11ClN4.